The number of aliphatic hydroxyl groups excluding tert-OH is 1. The summed E-state index contributed by atoms with van der Waals surface area (Å²) in [7, 11) is 0. The van der Waals surface area contributed by atoms with E-state index in [-0.39, 0.29) is 6.10 Å². The van der Waals surface area contributed by atoms with Crippen molar-refractivity contribution in [3.63, 3.8) is 0 Å². The first kappa shape index (κ1) is 17.9. The Morgan fingerprint density at radius 1 is 1.08 bits per heavy atom. The van der Waals surface area contributed by atoms with Gasteiger partial charge in [0.05, 0.1) is 6.10 Å². The van der Waals surface area contributed by atoms with Gasteiger partial charge < -0.3 is 10.2 Å². The molecule has 0 aromatic rings. The third kappa shape index (κ3) is 3.54. The molecule has 24 heavy (non-hydrogen) atoms. The van der Waals surface area contributed by atoms with Crippen molar-refractivity contribution in [3.05, 3.63) is 0 Å². The second-order valence-electron chi connectivity index (χ2n) is 9.12. The molecular formula is C20H32O4. The molecule has 4 aliphatic rings. The van der Waals surface area contributed by atoms with Gasteiger partial charge >= 0.3 is 0 Å². The van der Waals surface area contributed by atoms with E-state index in [9.17, 15) is 9.90 Å². The predicted octanol–water partition coefficient (Wildman–Crippen LogP) is 3.66. The number of hydrogen-bond acceptors (Lipinski definition) is 3. The minimum atomic E-state index is -0.833. The van der Waals surface area contributed by atoms with Crippen molar-refractivity contribution in [2.75, 3.05) is 0 Å². The molecule has 4 aliphatic carbocycles. The van der Waals surface area contributed by atoms with Crippen LogP contribution >= 0.6 is 0 Å². The number of carbonyl (C=O) groups is 2. The summed E-state index contributed by atoms with van der Waals surface area (Å²) in [6, 6.07) is 0. The van der Waals surface area contributed by atoms with Gasteiger partial charge in [-0.1, -0.05) is 6.92 Å². The van der Waals surface area contributed by atoms with E-state index in [1.807, 2.05) is 0 Å². The van der Waals surface area contributed by atoms with Crippen molar-refractivity contribution in [3.8, 4) is 0 Å². The van der Waals surface area contributed by atoms with Crippen LogP contribution in [0.25, 0.3) is 0 Å². The molecule has 4 nitrogen and oxygen atoms in total. The zero-order chi connectivity index (χ0) is 17.5. The van der Waals surface area contributed by atoms with E-state index >= 15 is 0 Å². The standard InChI is InChI=1S/C18H28O2.C2H4O2/c1-18-5-4-12-6-13-7-14(19)3-2-11(13)8-16(12)17(18)9-15(20)10-18;1-2(3)4/h11-14,16-17,19H,2-10H2,1H3;1H3,(H,3,4)/t11-,12+,13+,14-,16+,17-,18+;/m1./s1. The molecule has 0 bridgehead atoms. The van der Waals surface area contributed by atoms with Crippen molar-refractivity contribution in [1.82, 2.24) is 0 Å². The molecule has 0 spiro atoms. The van der Waals surface area contributed by atoms with Gasteiger partial charge in [-0.15, -0.1) is 0 Å². The van der Waals surface area contributed by atoms with Crippen LogP contribution in [-0.4, -0.2) is 28.1 Å². The molecule has 0 heterocycles. The number of ketones is 1. The summed E-state index contributed by atoms with van der Waals surface area (Å²) in [4.78, 5) is 21.0. The minimum Gasteiger partial charge on any atom is -0.481 e. The topological polar surface area (TPSA) is 74.6 Å². The number of carboxylic acid groups (broad SMARTS) is 1. The van der Waals surface area contributed by atoms with Crippen molar-refractivity contribution < 1.29 is 19.8 Å². The summed E-state index contributed by atoms with van der Waals surface area (Å²) in [5.74, 6) is 3.67. The number of fused-ring (bicyclic) bond motifs is 4. The van der Waals surface area contributed by atoms with E-state index in [0.717, 1.165) is 56.3 Å². The van der Waals surface area contributed by atoms with Gasteiger partial charge in [0.2, 0.25) is 0 Å². The van der Waals surface area contributed by atoms with E-state index in [0.29, 0.717) is 17.1 Å². The molecule has 4 fully saturated rings. The number of Topliss-reactive ketones (excluding diaryl/α,β-unsaturated/α-hetero) is 1. The predicted molar refractivity (Wildman–Crippen MR) is 91.4 cm³/mol. The SMILES string of the molecule is CC(=O)O.C[C@@]12CC[C@H]3C[C@H]4C[C@H](O)CC[C@@H]4C[C@@H]3[C@H]1CC(=O)C2. The van der Waals surface area contributed by atoms with Crippen molar-refractivity contribution in [2.24, 2.45) is 35.0 Å². The first-order valence-electron chi connectivity index (χ1n) is 9.68. The van der Waals surface area contributed by atoms with Gasteiger partial charge in [-0.05, 0) is 80.0 Å². The smallest absolute Gasteiger partial charge is 0.300 e. The van der Waals surface area contributed by atoms with Crippen LogP contribution in [0.2, 0.25) is 0 Å². The molecule has 0 unspecified atom stereocenters. The lowest BCUT2D eigenvalue weighted by molar-refractivity contribution is -0.134. The third-order valence-corrected chi connectivity index (χ3v) is 7.44. The average Bonchev–Trinajstić information content (AvgIpc) is 2.79. The fraction of sp³-hybridized carbons (Fsp3) is 0.900. The fourth-order valence-corrected chi connectivity index (χ4v) is 6.43. The monoisotopic (exact) mass is 336 g/mol. The van der Waals surface area contributed by atoms with Gasteiger partial charge in [0.15, 0.2) is 0 Å². The van der Waals surface area contributed by atoms with Crippen molar-refractivity contribution in [1.29, 1.82) is 0 Å². The third-order valence-electron chi connectivity index (χ3n) is 7.44. The number of carbonyl (C=O) groups excluding carboxylic acids is 1. The Kier molecular flexibility index (Phi) is 5.06. The molecule has 0 saturated heterocycles. The Hall–Kier alpha value is -0.900. The van der Waals surface area contributed by atoms with E-state index in [2.05, 4.69) is 6.92 Å². The highest BCUT2D eigenvalue weighted by Gasteiger charge is 2.54. The highest BCUT2D eigenvalue weighted by Crippen LogP contribution is 2.60. The van der Waals surface area contributed by atoms with E-state index in [4.69, 9.17) is 9.90 Å². The lowest BCUT2D eigenvalue weighted by Gasteiger charge is -2.53. The molecular weight excluding hydrogens is 304 g/mol. The van der Waals surface area contributed by atoms with Gasteiger partial charge in [0.25, 0.3) is 5.97 Å². The first-order valence-corrected chi connectivity index (χ1v) is 9.68. The van der Waals surface area contributed by atoms with Crippen LogP contribution in [0, 0.1) is 35.0 Å². The van der Waals surface area contributed by atoms with Crippen LogP contribution in [0.1, 0.15) is 71.6 Å². The highest BCUT2D eigenvalue weighted by atomic mass is 16.4. The van der Waals surface area contributed by atoms with Gasteiger partial charge in [0, 0.05) is 19.8 Å². The van der Waals surface area contributed by atoms with Gasteiger partial charge in [0.1, 0.15) is 5.78 Å². The number of rotatable bonds is 0. The van der Waals surface area contributed by atoms with E-state index in [1.54, 1.807) is 0 Å². The zero-order valence-electron chi connectivity index (χ0n) is 15.0. The average molecular weight is 336 g/mol. The lowest BCUT2D eigenvalue weighted by atomic mass is 9.52. The molecule has 4 saturated carbocycles. The molecule has 0 aliphatic heterocycles. The van der Waals surface area contributed by atoms with Crippen LogP contribution in [0.15, 0.2) is 0 Å². The number of aliphatic hydroxyl groups is 1. The second-order valence-corrected chi connectivity index (χ2v) is 9.12. The highest BCUT2D eigenvalue weighted by molar-refractivity contribution is 5.82. The molecule has 0 aromatic carbocycles. The normalized spacial score (nSPS) is 46.9. The van der Waals surface area contributed by atoms with Gasteiger partial charge in [-0.3, -0.25) is 9.59 Å². The maximum absolute atomic E-state index is 12.0. The summed E-state index contributed by atoms with van der Waals surface area (Å²) < 4.78 is 0. The maximum atomic E-state index is 12.0. The van der Waals surface area contributed by atoms with Crippen LogP contribution in [0.4, 0.5) is 0 Å². The zero-order valence-corrected chi connectivity index (χ0v) is 15.0. The summed E-state index contributed by atoms with van der Waals surface area (Å²) in [6.45, 7) is 3.47. The Bertz CT molecular complexity index is 498. The molecule has 4 heteroatoms. The van der Waals surface area contributed by atoms with Gasteiger partial charge in [-0.2, -0.15) is 0 Å². The van der Waals surface area contributed by atoms with Crippen LogP contribution in [0.3, 0.4) is 0 Å². The largest absolute Gasteiger partial charge is 0.481 e. The Morgan fingerprint density at radius 2 is 1.79 bits per heavy atom. The van der Waals surface area contributed by atoms with E-state index in [1.165, 1.54) is 32.1 Å². The van der Waals surface area contributed by atoms with Crippen molar-refractivity contribution in [2.45, 2.75) is 77.7 Å². The number of hydrogen-bond donors (Lipinski definition) is 2. The summed E-state index contributed by atoms with van der Waals surface area (Å²) in [5.41, 5.74) is 0.333. The molecule has 136 valence electrons. The molecule has 0 amide bonds. The second kappa shape index (κ2) is 6.78. The summed E-state index contributed by atoms with van der Waals surface area (Å²) >= 11 is 0. The number of aliphatic carboxylic acids is 1. The first-order chi connectivity index (χ1) is 11.3. The summed E-state index contributed by atoms with van der Waals surface area (Å²) in [5, 5.41) is 17.3. The lowest BCUT2D eigenvalue weighted by Crippen LogP contribution is -2.45. The summed E-state index contributed by atoms with van der Waals surface area (Å²) in [6.07, 6.45) is 10.3. The minimum absolute atomic E-state index is 0.0327. The van der Waals surface area contributed by atoms with Crippen molar-refractivity contribution >= 4 is 11.8 Å². The molecule has 4 rings (SSSR count). The fourth-order valence-electron chi connectivity index (χ4n) is 6.43. The van der Waals surface area contributed by atoms with E-state index < -0.39 is 5.97 Å². The quantitative estimate of drug-likeness (QED) is 0.708. The molecule has 0 radical (unpaired) electrons. The molecule has 7 atom stereocenters. The van der Waals surface area contributed by atoms with Gasteiger partial charge in [-0.25, -0.2) is 0 Å². The molecule has 2 N–H and O–H groups in total. The maximum Gasteiger partial charge on any atom is 0.300 e. The number of carboxylic acids is 1. The van der Waals surface area contributed by atoms with Crippen LogP contribution in [0.5, 0.6) is 0 Å². The Morgan fingerprint density at radius 3 is 2.50 bits per heavy atom. The Labute approximate surface area is 145 Å². The molecule has 0 aromatic heterocycles. The van der Waals surface area contributed by atoms with Crippen LogP contribution in [-0.2, 0) is 9.59 Å². The van der Waals surface area contributed by atoms with Crippen LogP contribution < -0.4 is 0 Å². The Balaban J connectivity index is 0.000000383.